The van der Waals surface area contributed by atoms with E-state index in [0.717, 1.165) is 0 Å². The Morgan fingerprint density at radius 1 is 0.944 bits per heavy atom. The third-order valence-corrected chi connectivity index (χ3v) is 2.86. The molecule has 2 aliphatic rings. The van der Waals surface area contributed by atoms with Crippen LogP contribution >= 0.6 is 0 Å². The average molecular weight is 260 g/mol. The van der Waals surface area contributed by atoms with Gasteiger partial charge in [-0.15, -0.1) is 0 Å². The molecule has 102 valence electrons. The largest absolute Gasteiger partial charge is 0.456 e. The van der Waals surface area contributed by atoms with Crippen LogP contribution in [0.2, 0.25) is 0 Å². The number of nitrogens with two attached hydrogens (primary N) is 2. The van der Waals surface area contributed by atoms with Crippen LogP contribution in [-0.4, -0.2) is 62.7 Å². The first kappa shape index (κ1) is 13.2. The van der Waals surface area contributed by atoms with Crippen molar-refractivity contribution in [2.24, 2.45) is 11.5 Å². The van der Waals surface area contributed by atoms with E-state index in [-0.39, 0.29) is 26.3 Å². The second-order valence-electron chi connectivity index (χ2n) is 4.06. The summed E-state index contributed by atoms with van der Waals surface area (Å²) in [6.45, 7) is 0.0223. The fourth-order valence-electron chi connectivity index (χ4n) is 2.07. The quantitative estimate of drug-likeness (QED) is 0.533. The molecule has 0 bridgehead atoms. The van der Waals surface area contributed by atoms with E-state index in [1.54, 1.807) is 0 Å². The van der Waals surface area contributed by atoms with Gasteiger partial charge in [-0.1, -0.05) is 0 Å². The highest BCUT2D eigenvalue weighted by Gasteiger charge is 2.50. The van der Waals surface area contributed by atoms with Gasteiger partial charge in [0.15, 0.2) is 12.2 Å². The van der Waals surface area contributed by atoms with E-state index >= 15 is 0 Å². The van der Waals surface area contributed by atoms with Crippen molar-refractivity contribution in [3.63, 3.8) is 0 Å². The van der Waals surface area contributed by atoms with Crippen LogP contribution in [0.5, 0.6) is 0 Å². The van der Waals surface area contributed by atoms with Crippen molar-refractivity contribution in [2.45, 2.75) is 24.4 Å². The third kappa shape index (κ3) is 2.61. The van der Waals surface area contributed by atoms with Crippen molar-refractivity contribution >= 4 is 11.9 Å². The number of fused-ring (bicyclic) bond motifs is 1. The smallest absolute Gasteiger partial charge is 0.320 e. The molecule has 4 atom stereocenters. The first-order valence-corrected chi connectivity index (χ1v) is 5.68. The number of rotatable bonds is 4. The van der Waals surface area contributed by atoms with Gasteiger partial charge in [-0.25, -0.2) is 0 Å². The summed E-state index contributed by atoms with van der Waals surface area (Å²) in [5, 5.41) is 0. The molecule has 2 saturated heterocycles. The van der Waals surface area contributed by atoms with E-state index in [1.807, 2.05) is 0 Å². The van der Waals surface area contributed by atoms with Gasteiger partial charge in [-0.2, -0.15) is 0 Å². The third-order valence-electron chi connectivity index (χ3n) is 2.86. The summed E-state index contributed by atoms with van der Waals surface area (Å²) in [7, 11) is 0. The first-order valence-electron chi connectivity index (χ1n) is 5.68. The summed E-state index contributed by atoms with van der Waals surface area (Å²) in [5.74, 6) is -1.04. The second kappa shape index (κ2) is 5.61. The molecule has 18 heavy (non-hydrogen) atoms. The summed E-state index contributed by atoms with van der Waals surface area (Å²) in [6, 6.07) is 0. The molecule has 2 unspecified atom stereocenters. The number of carbonyl (C=O) groups is 2. The van der Waals surface area contributed by atoms with Crippen LogP contribution < -0.4 is 11.5 Å². The topological polar surface area (TPSA) is 123 Å². The second-order valence-corrected chi connectivity index (χ2v) is 4.06. The van der Waals surface area contributed by atoms with Gasteiger partial charge in [0.05, 0.1) is 26.3 Å². The molecule has 0 radical (unpaired) electrons. The fraction of sp³-hybridized carbons (Fsp3) is 0.800. The average Bonchev–Trinajstić information content (AvgIpc) is 2.93. The maximum atomic E-state index is 11.1. The predicted molar refractivity (Wildman–Crippen MR) is 57.3 cm³/mol. The Kier molecular flexibility index (Phi) is 4.12. The lowest BCUT2D eigenvalue weighted by Crippen LogP contribution is -2.37. The number of ether oxygens (including phenoxy) is 4. The van der Waals surface area contributed by atoms with Crippen molar-refractivity contribution in [3.8, 4) is 0 Å². The van der Waals surface area contributed by atoms with Crippen LogP contribution in [0.25, 0.3) is 0 Å². The van der Waals surface area contributed by atoms with E-state index < -0.39 is 36.4 Å². The molecule has 0 spiro atoms. The zero-order valence-electron chi connectivity index (χ0n) is 9.74. The van der Waals surface area contributed by atoms with Crippen LogP contribution in [-0.2, 0) is 28.5 Å². The number of hydrogen-bond donors (Lipinski definition) is 2. The number of carbonyl (C=O) groups excluding carboxylic acids is 2. The molecule has 0 aromatic carbocycles. The molecule has 0 aliphatic carbocycles. The molecule has 2 fully saturated rings. The minimum Gasteiger partial charge on any atom is -0.456 e. The van der Waals surface area contributed by atoms with Gasteiger partial charge in [0.1, 0.15) is 12.2 Å². The Hall–Kier alpha value is -1.22. The Bertz CT molecular complexity index is 304. The SMILES string of the molecule is NCC(=O)O[C@H]1COC2C1OC[C@H]2OC(=O)CN. The van der Waals surface area contributed by atoms with Gasteiger partial charge in [0.2, 0.25) is 0 Å². The molecule has 4 N–H and O–H groups in total. The monoisotopic (exact) mass is 260 g/mol. The van der Waals surface area contributed by atoms with Gasteiger partial charge < -0.3 is 30.4 Å². The Morgan fingerprint density at radius 3 is 1.67 bits per heavy atom. The van der Waals surface area contributed by atoms with Crippen LogP contribution in [0.3, 0.4) is 0 Å². The van der Waals surface area contributed by atoms with E-state index in [1.165, 1.54) is 0 Å². The zero-order chi connectivity index (χ0) is 13.1. The van der Waals surface area contributed by atoms with Crippen molar-refractivity contribution in [3.05, 3.63) is 0 Å². The zero-order valence-corrected chi connectivity index (χ0v) is 9.74. The summed E-state index contributed by atoms with van der Waals surface area (Å²) in [4.78, 5) is 22.2. The fourth-order valence-corrected chi connectivity index (χ4v) is 2.07. The molecule has 0 aromatic heterocycles. The Morgan fingerprint density at radius 2 is 1.33 bits per heavy atom. The van der Waals surface area contributed by atoms with E-state index in [0.29, 0.717) is 0 Å². The van der Waals surface area contributed by atoms with Crippen LogP contribution in [0.15, 0.2) is 0 Å². The van der Waals surface area contributed by atoms with Crippen LogP contribution in [0.1, 0.15) is 0 Å². The van der Waals surface area contributed by atoms with Gasteiger partial charge in [0.25, 0.3) is 0 Å². The van der Waals surface area contributed by atoms with Crippen molar-refractivity contribution in [1.29, 1.82) is 0 Å². The molecular weight excluding hydrogens is 244 g/mol. The summed E-state index contributed by atoms with van der Waals surface area (Å²) < 4.78 is 21.0. The highest BCUT2D eigenvalue weighted by atomic mass is 16.7. The Balaban J connectivity index is 1.90. The molecule has 2 aliphatic heterocycles. The molecule has 0 aromatic rings. The van der Waals surface area contributed by atoms with Gasteiger partial charge in [-0.3, -0.25) is 9.59 Å². The molecule has 8 nitrogen and oxygen atoms in total. The number of hydrogen-bond acceptors (Lipinski definition) is 8. The number of esters is 2. The molecule has 8 heteroatoms. The predicted octanol–water partition coefficient (Wildman–Crippen LogP) is -2.47. The summed E-state index contributed by atoms with van der Waals surface area (Å²) in [6.07, 6.45) is -1.85. The van der Waals surface area contributed by atoms with Gasteiger partial charge in [0, 0.05) is 0 Å². The van der Waals surface area contributed by atoms with Crippen molar-refractivity contribution in [2.75, 3.05) is 26.3 Å². The minimum absolute atomic E-state index is 0.195. The molecule has 0 saturated carbocycles. The molecule has 2 rings (SSSR count). The van der Waals surface area contributed by atoms with Crippen molar-refractivity contribution in [1.82, 2.24) is 0 Å². The van der Waals surface area contributed by atoms with E-state index in [4.69, 9.17) is 30.4 Å². The van der Waals surface area contributed by atoms with Crippen molar-refractivity contribution < 1.29 is 28.5 Å². The lowest BCUT2D eigenvalue weighted by molar-refractivity contribution is -0.153. The molecule has 2 heterocycles. The normalized spacial score (nSPS) is 34.1. The highest BCUT2D eigenvalue weighted by Crippen LogP contribution is 2.30. The van der Waals surface area contributed by atoms with E-state index in [9.17, 15) is 9.59 Å². The first-order chi connectivity index (χ1) is 8.65. The van der Waals surface area contributed by atoms with Gasteiger partial charge in [-0.05, 0) is 0 Å². The van der Waals surface area contributed by atoms with Crippen LogP contribution in [0.4, 0.5) is 0 Å². The maximum Gasteiger partial charge on any atom is 0.320 e. The summed E-state index contributed by atoms with van der Waals surface area (Å²) >= 11 is 0. The maximum absolute atomic E-state index is 11.1. The summed E-state index contributed by atoms with van der Waals surface area (Å²) in [5.41, 5.74) is 10.3. The Labute approximate surface area is 103 Å². The lowest BCUT2D eigenvalue weighted by atomic mass is 10.1. The molecule has 0 amide bonds. The minimum atomic E-state index is -0.518. The van der Waals surface area contributed by atoms with Crippen LogP contribution in [0, 0.1) is 0 Å². The highest BCUT2D eigenvalue weighted by molar-refractivity contribution is 5.72. The van der Waals surface area contributed by atoms with Gasteiger partial charge >= 0.3 is 11.9 Å². The molecular formula is C10H16N2O6. The van der Waals surface area contributed by atoms with E-state index in [2.05, 4.69) is 0 Å². The standard InChI is InChI=1S/C10H16N2O6/c11-1-7(13)17-5-3-15-10-6(4-16-9(5)10)18-8(14)2-12/h5-6,9-10H,1-4,11-12H2/t5-,6+,9?,10?. The lowest BCUT2D eigenvalue weighted by Gasteiger charge is -2.16.